The molecule has 2 heterocycles. The Morgan fingerprint density at radius 2 is 1.74 bits per heavy atom. The predicted octanol–water partition coefficient (Wildman–Crippen LogP) is 4.98. The number of rotatable bonds is 10. The van der Waals surface area contributed by atoms with Gasteiger partial charge in [-0.25, -0.2) is 0 Å². The topological polar surface area (TPSA) is 55.7 Å². The molecular weight excluding hydrogens is 474 g/mol. The average Bonchev–Trinajstić information content (AvgIpc) is 3.31. The van der Waals surface area contributed by atoms with E-state index in [1.807, 2.05) is 12.1 Å². The molecule has 5 rings (SSSR count). The third-order valence-electron chi connectivity index (χ3n) is 7.43. The van der Waals surface area contributed by atoms with Crippen molar-refractivity contribution < 1.29 is 14.3 Å². The fourth-order valence-electron chi connectivity index (χ4n) is 5.25. The Hall–Kier alpha value is -3.61. The minimum absolute atomic E-state index is 0.0407. The molecule has 1 fully saturated rings. The van der Waals surface area contributed by atoms with Crippen molar-refractivity contribution in [2.75, 3.05) is 46.5 Å². The van der Waals surface area contributed by atoms with Crippen LogP contribution in [-0.2, 0) is 16.1 Å². The van der Waals surface area contributed by atoms with Crippen LogP contribution in [0.2, 0.25) is 0 Å². The molecular formula is C32H37N3O3. The molecule has 1 aliphatic heterocycles. The van der Waals surface area contributed by atoms with Crippen LogP contribution in [0.1, 0.15) is 34.6 Å². The molecule has 3 aromatic carbocycles. The molecule has 0 aliphatic carbocycles. The number of hydrogen-bond acceptors (Lipinski definition) is 4. The molecule has 0 saturated carbocycles. The molecule has 0 bridgehead atoms. The Labute approximate surface area is 225 Å². The molecule has 1 aromatic heterocycles. The highest BCUT2D eigenvalue weighted by molar-refractivity contribution is 5.86. The van der Waals surface area contributed by atoms with Crippen LogP contribution < -0.4 is 10.1 Å². The number of benzene rings is 3. The number of ether oxygens (including phenoxy) is 2. The average molecular weight is 512 g/mol. The van der Waals surface area contributed by atoms with E-state index in [0.29, 0.717) is 13.0 Å². The first-order chi connectivity index (χ1) is 18.6. The molecule has 1 saturated heterocycles. The van der Waals surface area contributed by atoms with Crippen molar-refractivity contribution in [3.05, 3.63) is 101 Å². The summed E-state index contributed by atoms with van der Waals surface area (Å²) in [6, 6.07) is 25.3. The smallest absolute Gasteiger partial charge is 0.220 e. The molecule has 1 atom stereocenters. The zero-order valence-electron chi connectivity index (χ0n) is 22.4. The van der Waals surface area contributed by atoms with Gasteiger partial charge in [-0.15, -0.1) is 0 Å². The molecule has 38 heavy (non-hydrogen) atoms. The highest BCUT2D eigenvalue weighted by Crippen LogP contribution is 2.35. The van der Waals surface area contributed by atoms with E-state index >= 15 is 0 Å². The van der Waals surface area contributed by atoms with Gasteiger partial charge in [-0.2, -0.15) is 0 Å². The summed E-state index contributed by atoms with van der Waals surface area (Å²) >= 11 is 0. The van der Waals surface area contributed by atoms with Gasteiger partial charge in [-0.05, 0) is 41.8 Å². The van der Waals surface area contributed by atoms with Crippen LogP contribution in [0.5, 0.6) is 5.75 Å². The Bertz CT molecular complexity index is 1340. The minimum atomic E-state index is -0.0407. The summed E-state index contributed by atoms with van der Waals surface area (Å²) in [6.07, 6.45) is 2.64. The van der Waals surface area contributed by atoms with Gasteiger partial charge in [-0.1, -0.05) is 60.2 Å². The van der Waals surface area contributed by atoms with Gasteiger partial charge >= 0.3 is 0 Å². The third kappa shape index (κ3) is 6.26. The quantitative estimate of drug-likeness (QED) is 0.326. The van der Waals surface area contributed by atoms with Crippen molar-refractivity contribution in [3.63, 3.8) is 0 Å². The van der Waals surface area contributed by atoms with Crippen LogP contribution in [-0.4, -0.2) is 61.9 Å². The molecule has 6 nitrogen and oxygen atoms in total. The van der Waals surface area contributed by atoms with E-state index in [0.717, 1.165) is 50.7 Å². The summed E-state index contributed by atoms with van der Waals surface area (Å²) in [6.45, 7) is 7.73. The molecule has 1 aliphatic rings. The summed E-state index contributed by atoms with van der Waals surface area (Å²) in [5.41, 5.74) is 5.92. The fourth-order valence-corrected chi connectivity index (χ4v) is 5.25. The summed E-state index contributed by atoms with van der Waals surface area (Å²) < 4.78 is 13.1. The lowest BCUT2D eigenvalue weighted by Gasteiger charge is -2.26. The van der Waals surface area contributed by atoms with Crippen molar-refractivity contribution >= 4 is 16.8 Å². The summed E-state index contributed by atoms with van der Waals surface area (Å²) in [4.78, 5) is 15.6. The van der Waals surface area contributed by atoms with E-state index in [1.165, 1.54) is 27.6 Å². The van der Waals surface area contributed by atoms with Crippen LogP contribution in [0.25, 0.3) is 10.9 Å². The van der Waals surface area contributed by atoms with Gasteiger partial charge < -0.3 is 19.4 Å². The second-order valence-corrected chi connectivity index (χ2v) is 10.0. The molecule has 198 valence electrons. The maximum atomic E-state index is 13.2. The number of morpholine rings is 1. The predicted molar refractivity (Wildman–Crippen MR) is 152 cm³/mol. The van der Waals surface area contributed by atoms with Gasteiger partial charge in [0, 0.05) is 62.2 Å². The zero-order chi connectivity index (χ0) is 26.3. The van der Waals surface area contributed by atoms with Gasteiger partial charge in [0.1, 0.15) is 5.75 Å². The number of carbonyl (C=O) groups excluding carboxylic acids is 1. The van der Waals surface area contributed by atoms with Crippen LogP contribution in [0.15, 0.2) is 79.0 Å². The SMILES string of the molecule is COc1ccc(Cn2cc([C@H](CC(=O)NCCN3CCOCC3)c3ccc(C)cc3)c3ccccc32)cc1. The van der Waals surface area contributed by atoms with Crippen LogP contribution in [0, 0.1) is 6.92 Å². The Kier molecular flexibility index (Phi) is 8.41. The Balaban J connectivity index is 1.40. The fraction of sp³-hybridized carbons (Fsp3) is 0.344. The van der Waals surface area contributed by atoms with Gasteiger partial charge in [0.15, 0.2) is 0 Å². The van der Waals surface area contributed by atoms with E-state index < -0.39 is 0 Å². The number of para-hydroxylation sites is 1. The summed E-state index contributed by atoms with van der Waals surface area (Å²) in [5.74, 6) is 0.891. The van der Waals surface area contributed by atoms with E-state index in [9.17, 15) is 4.79 Å². The Morgan fingerprint density at radius 3 is 2.47 bits per heavy atom. The number of carbonyl (C=O) groups is 1. The van der Waals surface area contributed by atoms with Crippen molar-refractivity contribution in [2.24, 2.45) is 0 Å². The molecule has 0 radical (unpaired) electrons. The minimum Gasteiger partial charge on any atom is -0.497 e. The zero-order valence-corrected chi connectivity index (χ0v) is 22.4. The first kappa shape index (κ1) is 26.0. The number of nitrogens with zero attached hydrogens (tertiary/aromatic N) is 2. The lowest BCUT2D eigenvalue weighted by molar-refractivity contribution is -0.121. The highest BCUT2D eigenvalue weighted by atomic mass is 16.5. The third-order valence-corrected chi connectivity index (χ3v) is 7.43. The monoisotopic (exact) mass is 511 g/mol. The molecule has 1 N–H and O–H groups in total. The maximum Gasteiger partial charge on any atom is 0.220 e. The first-order valence-corrected chi connectivity index (χ1v) is 13.4. The van der Waals surface area contributed by atoms with Crippen molar-refractivity contribution in [1.29, 1.82) is 0 Å². The number of aromatic nitrogens is 1. The van der Waals surface area contributed by atoms with Crippen molar-refractivity contribution in [2.45, 2.75) is 25.8 Å². The summed E-state index contributed by atoms with van der Waals surface area (Å²) in [5, 5.41) is 4.36. The molecule has 0 spiro atoms. The van der Waals surface area contributed by atoms with Crippen LogP contribution >= 0.6 is 0 Å². The highest BCUT2D eigenvalue weighted by Gasteiger charge is 2.23. The van der Waals surface area contributed by atoms with Gasteiger partial charge in [-0.3, -0.25) is 9.69 Å². The second kappa shape index (κ2) is 12.3. The number of nitrogens with one attached hydrogen (secondary N) is 1. The van der Waals surface area contributed by atoms with Gasteiger partial charge in [0.2, 0.25) is 5.91 Å². The van der Waals surface area contributed by atoms with E-state index in [2.05, 4.69) is 88.6 Å². The van der Waals surface area contributed by atoms with E-state index in [1.54, 1.807) is 7.11 Å². The first-order valence-electron chi connectivity index (χ1n) is 13.4. The van der Waals surface area contributed by atoms with Crippen molar-refractivity contribution in [3.8, 4) is 5.75 Å². The normalized spacial score (nSPS) is 14.9. The Morgan fingerprint density at radius 1 is 1.00 bits per heavy atom. The van der Waals surface area contributed by atoms with E-state index in [4.69, 9.17) is 9.47 Å². The number of methoxy groups -OCH3 is 1. The molecule has 4 aromatic rings. The van der Waals surface area contributed by atoms with Crippen molar-refractivity contribution in [1.82, 2.24) is 14.8 Å². The molecule has 0 unspecified atom stereocenters. The number of fused-ring (bicyclic) bond motifs is 1. The van der Waals surface area contributed by atoms with Gasteiger partial charge in [0.05, 0.1) is 20.3 Å². The number of aryl methyl sites for hydroxylation is 1. The number of amides is 1. The van der Waals surface area contributed by atoms with Crippen LogP contribution in [0.4, 0.5) is 0 Å². The molecule has 1 amide bonds. The van der Waals surface area contributed by atoms with Crippen LogP contribution in [0.3, 0.4) is 0 Å². The van der Waals surface area contributed by atoms with E-state index in [-0.39, 0.29) is 11.8 Å². The van der Waals surface area contributed by atoms with Gasteiger partial charge in [0.25, 0.3) is 0 Å². The largest absolute Gasteiger partial charge is 0.497 e. The number of hydrogen-bond donors (Lipinski definition) is 1. The molecule has 6 heteroatoms. The second-order valence-electron chi connectivity index (χ2n) is 10.0. The lowest BCUT2D eigenvalue weighted by Crippen LogP contribution is -2.41. The maximum absolute atomic E-state index is 13.2. The standard InChI is InChI=1S/C32H37N3O3/c1-24-7-11-26(12-8-24)29(21-32(36)33-15-16-34-17-19-38-20-18-34)30-23-35(31-6-4-3-5-28(30)31)22-25-9-13-27(37-2)14-10-25/h3-14,23,29H,15-22H2,1-2H3,(H,33,36)/t29-/m1/s1. The summed E-state index contributed by atoms with van der Waals surface area (Å²) in [7, 11) is 1.69. The lowest BCUT2D eigenvalue weighted by atomic mass is 9.87.